The van der Waals surface area contributed by atoms with Crippen LogP contribution in [-0.2, 0) is 4.74 Å². The van der Waals surface area contributed by atoms with E-state index >= 15 is 0 Å². The summed E-state index contributed by atoms with van der Waals surface area (Å²) >= 11 is 5.99. The molecule has 0 aromatic heterocycles. The SMILES string of the molecule is Cc1ccc(N2C(=O)c3ccc(C(=O)O[C@@H](C(=O)c4ccccc4)c4ccc(Cl)cc4)cc3C2=O)c([N+](=O)[O-])c1. The number of nitrogens with zero attached hydrogens (tertiary/aromatic N) is 2. The number of aryl methyl sites for hydroxylation is 1. The minimum absolute atomic E-state index is 0.0222. The summed E-state index contributed by atoms with van der Waals surface area (Å²) in [6.45, 7) is 1.65. The molecule has 9 nitrogen and oxygen atoms in total. The molecule has 0 bridgehead atoms. The maximum Gasteiger partial charge on any atom is 0.339 e. The summed E-state index contributed by atoms with van der Waals surface area (Å²) in [6, 6.07) is 22.5. The minimum atomic E-state index is -1.32. The lowest BCUT2D eigenvalue weighted by Crippen LogP contribution is -2.30. The first-order valence-corrected chi connectivity index (χ1v) is 12.4. The van der Waals surface area contributed by atoms with Crippen molar-refractivity contribution in [2.75, 3.05) is 4.90 Å². The number of ether oxygens (including phenoxy) is 1. The summed E-state index contributed by atoms with van der Waals surface area (Å²) in [7, 11) is 0. The normalized spacial score (nSPS) is 13.1. The van der Waals surface area contributed by atoms with Crippen LogP contribution in [-0.4, -0.2) is 28.5 Å². The van der Waals surface area contributed by atoms with Crippen LogP contribution >= 0.6 is 11.6 Å². The Hall–Kier alpha value is -5.15. The summed E-state index contributed by atoms with van der Waals surface area (Å²) in [5, 5.41) is 12.0. The van der Waals surface area contributed by atoms with Gasteiger partial charge in [-0.05, 0) is 48.9 Å². The Morgan fingerprint density at radius 3 is 2.20 bits per heavy atom. The molecule has 1 atom stereocenters. The van der Waals surface area contributed by atoms with Crippen LogP contribution in [0.5, 0.6) is 0 Å². The zero-order valence-electron chi connectivity index (χ0n) is 20.9. The molecule has 5 rings (SSSR count). The second-order valence-corrected chi connectivity index (χ2v) is 9.46. The number of imide groups is 1. The van der Waals surface area contributed by atoms with Crippen molar-refractivity contribution in [3.63, 3.8) is 0 Å². The minimum Gasteiger partial charge on any atom is -0.445 e. The van der Waals surface area contributed by atoms with E-state index in [2.05, 4.69) is 0 Å². The van der Waals surface area contributed by atoms with Gasteiger partial charge >= 0.3 is 5.97 Å². The summed E-state index contributed by atoms with van der Waals surface area (Å²) < 4.78 is 5.65. The number of benzene rings is 4. The third kappa shape index (κ3) is 4.85. The van der Waals surface area contributed by atoms with Crippen LogP contribution in [0.1, 0.15) is 58.7 Å². The van der Waals surface area contributed by atoms with Crippen LogP contribution in [0.4, 0.5) is 11.4 Å². The number of nitro groups is 1. The van der Waals surface area contributed by atoms with E-state index in [1.807, 2.05) is 0 Å². The summed E-state index contributed by atoms with van der Waals surface area (Å²) in [4.78, 5) is 64.6. The van der Waals surface area contributed by atoms with Gasteiger partial charge in [-0.15, -0.1) is 0 Å². The maximum absolute atomic E-state index is 13.3. The number of hydrogen-bond acceptors (Lipinski definition) is 7. The fraction of sp³-hybridized carbons (Fsp3) is 0.0667. The van der Waals surface area contributed by atoms with Gasteiger partial charge in [-0.2, -0.15) is 0 Å². The van der Waals surface area contributed by atoms with Gasteiger partial charge < -0.3 is 4.74 Å². The van der Waals surface area contributed by atoms with Crippen LogP contribution in [0.15, 0.2) is 91.0 Å². The standard InChI is InChI=1S/C30H19ClN2O7/c1-17-7-14-24(25(15-17)33(38)39)32-28(35)22-13-10-20(16-23(22)29(32)36)30(37)40-27(19-8-11-21(31)12-9-19)26(34)18-5-3-2-4-6-18/h2-16,27H,1H3/t27-/m1/s1. The average molecular weight is 555 g/mol. The van der Waals surface area contributed by atoms with Crippen LogP contribution in [0.25, 0.3) is 0 Å². The first-order chi connectivity index (χ1) is 19.2. The molecule has 0 radical (unpaired) electrons. The predicted octanol–water partition coefficient (Wildman–Crippen LogP) is 6.14. The van der Waals surface area contributed by atoms with Crippen molar-refractivity contribution in [3.8, 4) is 0 Å². The molecule has 4 aromatic rings. The zero-order valence-corrected chi connectivity index (χ0v) is 21.6. The summed E-state index contributed by atoms with van der Waals surface area (Å²) in [5.41, 5.74) is 0.480. The van der Waals surface area contributed by atoms with E-state index in [1.54, 1.807) is 67.6 Å². The number of hydrogen-bond donors (Lipinski definition) is 0. The second-order valence-electron chi connectivity index (χ2n) is 9.02. The number of Topliss-reactive ketones (excluding diaryl/α,β-unsaturated/α-hetero) is 1. The van der Waals surface area contributed by atoms with E-state index in [4.69, 9.17) is 16.3 Å². The number of nitro benzene ring substituents is 1. The van der Waals surface area contributed by atoms with E-state index in [0.29, 0.717) is 26.6 Å². The Balaban J connectivity index is 1.47. The molecule has 1 heterocycles. The zero-order chi connectivity index (χ0) is 28.6. The third-order valence-corrected chi connectivity index (χ3v) is 6.64. The predicted molar refractivity (Wildman–Crippen MR) is 146 cm³/mol. The Labute approximate surface area is 232 Å². The molecule has 198 valence electrons. The number of rotatable bonds is 7. The molecule has 0 N–H and O–H groups in total. The van der Waals surface area contributed by atoms with Crippen molar-refractivity contribution in [1.29, 1.82) is 0 Å². The molecule has 10 heteroatoms. The van der Waals surface area contributed by atoms with Crippen molar-refractivity contribution in [2.45, 2.75) is 13.0 Å². The molecule has 1 aliphatic rings. The van der Waals surface area contributed by atoms with E-state index < -0.39 is 40.3 Å². The van der Waals surface area contributed by atoms with Crippen molar-refractivity contribution in [1.82, 2.24) is 0 Å². The highest BCUT2D eigenvalue weighted by Gasteiger charge is 2.40. The Morgan fingerprint density at radius 2 is 1.52 bits per heavy atom. The Kier molecular flexibility index (Phi) is 6.98. The largest absolute Gasteiger partial charge is 0.445 e. The maximum atomic E-state index is 13.3. The average Bonchev–Trinajstić information content (AvgIpc) is 3.21. The lowest BCUT2D eigenvalue weighted by molar-refractivity contribution is -0.384. The number of anilines is 1. The number of carbonyl (C=O) groups excluding carboxylic acids is 4. The monoisotopic (exact) mass is 554 g/mol. The lowest BCUT2D eigenvalue weighted by Gasteiger charge is -2.18. The highest BCUT2D eigenvalue weighted by molar-refractivity contribution is 6.35. The van der Waals surface area contributed by atoms with Gasteiger partial charge in [0.15, 0.2) is 6.10 Å². The second kappa shape index (κ2) is 10.5. The number of amides is 2. The number of ketones is 1. The molecule has 0 aliphatic carbocycles. The van der Waals surface area contributed by atoms with Gasteiger partial charge in [0.25, 0.3) is 17.5 Å². The third-order valence-electron chi connectivity index (χ3n) is 6.38. The van der Waals surface area contributed by atoms with Crippen molar-refractivity contribution >= 4 is 46.5 Å². The van der Waals surface area contributed by atoms with E-state index in [-0.39, 0.29) is 22.4 Å². The highest BCUT2D eigenvalue weighted by atomic mass is 35.5. The fourth-order valence-electron chi connectivity index (χ4n) is 4.39. The van der Waals surface area contributed by atoms with Crippen LogP contribution < -0.4 is 4.90 Å². The first-order valence-electron chi connectivity index (χ1n) is 12.0. The van der Waals surface area contributed by atoms with Gasteiger partial charge in [0.05, 0.1) is 21.6 Å². The molecule has 0 saturated heterocycles. The molecule has 1 aliphatic heterocycles. The molecular weight excluding hydrogens is 536 g/mol. The number of halogens is 1. The molecular formula is C30H19ClN2O7. The molecule has 0 unspecified atom stereocenters. The molecule has 4 aromatic carbocycles. The van der Waals surface area contributed by atoms with Crippen molar-refractivity contribution in [2.24, 2.45) is 0 Å². The van der Waals surface area contributed by atoms with Crippen LogP contribution in [0, 0.1) is 17.0 Å². The topological polar surface area (TPSA) is 124 Å². The molecule has 0 fully saturated rings. The van der Waals surface area contributed by atoms with Gasteiger partial charge in [0, 0.05) is 22.2 Å². The highest BCUT2D eigenvalue weighted by Crippen LogP contribution is 2.36. The van der Waals surface area contributed by atoms with Gasteiger partial charge in [-0.3, -0.25) is 24.5 Å². The van der Waals surface area contributed by atoms with Gasteiger partial charge in [0.1, 0.15) is 5.69 Å². The van der Waals surface area contributed by atoms with Gasteiger partial charge in [-0.1, -0.05) is 60.1 Å². The molecule has 40 heavy (non-hydrogen) atoms. The van der Waals surface area contributed by atoms with Crippen LogP contribution in [0.2, 0.25) is 5.02 Å². The van der Waals surface area contributed by atoms with Crippen molar-refractivity contribution < 1.29 is 28.8 Å². The van der Waals surface area contributed by atoms with Gasteiger partial charge in [0.2, 0.25) is 5.78 Å². The smallest absolute Gasteiger partial charge is 0.339 e. The lowest BCUT2D eigenvalue weighted by atomic mass is 9.99. The Bertz CT molecular complexity index is 1700. The number of esters is 1. The molecule has 0 spiro atoms. The van der Waals surface area contributed by atoms with E-state index in [0.717, 1.165) is 0 Å². The van der Waals surface area contributed by atoms with Gasteiger partial charge in [-0.25, -0.2) is 9.69 Å². The summed E-state index contributed by atoms with van der Waals surface area (Å²) in [6.07, 6.45) is -1.32. The van der Waals surface area contributed by atoms with Crippen LogP contribution in [0.3, 0.4) is 0 Å². The fourth-order valence-corrected chi connectivity index (χ4v) is 4.52. The summed E-state index contributed by atoms with van der Waals surface area (Å²) in [5.74, 6) is -2.96. The Morgan fingerprint density at radius 1 is 0.850 bits per heavy atom. The van der Waals surface area contributed by atoms with Crippen molar-refractivity contribution in [3.05, 3.63) is 140 Å². The number of carbonyl (C=O) groups is 4. The van der Waals surface area contributed by atoms with E-state index in [1.165, 1.54) is 30.3 Å². The quantitative estimate of drug-likeness (QED) is 0.0883. The number of fused-ring (bicyclic) bond motifs is 1. The molecule has 0 saturated carbocycles. The van der Waals surface area contributed by atoms with E-state index in [9.17, 15) is 29.3 Å². The molecule has 2 amide bonds. The first kappa shape index (κ1) is 26.5.